The molecule has 0 saturated carbocycles. The van der Waals surface area contributed by atoms with Gasteiger partial charge in [-0.25, -0.2) is 0 Å². The molecule has 2 heterocycles. The van der Waals surface area contributed by atoms with Gasteiger partial charge in [-0.1, -0.05) is 51.1 Å². The summed E-state index contributed by atoms with van der Waals surface area (Å²) in [5.41, 5.74) is 3.63. The number of rotatable bonds is 7. The molecule has 0 bridgehead atoms. The largest absolute Gasteiger partial charge is 0.467 e. The number of benzene rings is 1. The number of pyridine rings is 1. The molecule has 3 aromatic rings. The van der Waals surface area contributed by atoms with Gasteiger partial charge in [0.05, 0.1) is 12.8 Å². The first-order chi connectivity index (χ1) is 13.4. The number of hydrogen-bond acceptors (Lipinski definition) is 3. The second-order valence-corrected chi connectivity index (χ2v) is 8.14. The van der Waals surface area contributed by atoms with Crippen LogP contribution in [0, 0.1) is 0 Å². The minimum atomic E-state index is 0.111. The van der Waals surface area contributed by atoms with Gasteiger partial charge in [-0.05, 0) is 46.7 Å². The maximum absolute atomic E-state index is 12.9. The van der Waals surface area contributed by atoms with Crippen LogP contribution in [0.25, 0.3) is 0 Å². The number of nitrogens with zero attached hydrogens (tertiary/aromatic N) is 2. The molecule has 0 atom stereocenters. The van der Waals surface area contributed by atoms with E-state index >= 15 is 0 Å². The average Bonchev–Trinajstić information content (AvgIpc) is 3.19. The molecular weight excluding hydrogens is 348 g/mol. The van der Waals surface area contributed by atoms with E-state index in [1.54, 1.807) is 18.7 Å². The lowest BCUT2D eigenvalue weighted by molar-refractivity contribution is -0.132. The Hall–Kier alpha value is -2.88. The number of carbonyl (C=O) groups is 1. The fourth-order valence-corrected chi connectivity index (χ4v) is 3.12. The quantitative estimate of drug-likeness (QED) is 0.574. The highest BCUT2D eigenvalue weighted by atomic mass is 16.3. The van der Waals surface area contributed by atoms with Crippen LogP contribution in [0.5, 0.6) is 0 Å². The van der Waals surface area contributed by atoms with E-state index in [0.717, 1.165) is 17.7 Å². The third-order valence-corrected chi connectivity index (χ3v) is 4.82. The van der Waals surface area contributed by atoms with Gasteiger partial charge >= 0.3 is 0 Å². The predicted molar refractivity (Wildman–Crippen MR) is 111 cm³/mol. The topological polar surface area (TPSA) is 46.3 Å². The standard InChI is InChI=1S/C24H28N2O2/c1-24(2,3)21-11-8-19(9-12-21)10-13-23(27)26(18-22-7-5-15-28-22)17-20-6-4-14-25-16-20/h4-9,11-12,14-16H,10,13,17-18H2,1-3H3. The second-order valence-electron chi connectivity index (χ2n) is 8.14. The van der Waals surface area contributed by atoms with E-state index in [0.29, 0.717) is 19.5 Å². The van der Waals surface area contributed by atoms with Crippen molar-refractivity contribution in [2.75, 3.05) is 0 Å². The molecule has 0 aliphatic heterocycles. The van der Waals surface area contributed by atoms with Gasteiger partial charge < -0.3 is 9.32 Å². The number of hydrogen-bond donors (Lipinski definition) is 0. The van der Waals surface area contributed by atoms with Crippen LogP contribution < -0.4 is 0 Å². The minimum Gasteiger partial charge on any atom is -0.467 e. The highest BCUT2D eigenvalue weighted by Crippen LogP contribution is 2.22. The Morgan fingerprint density at radius 1 is 1.00 bits per heavy atom. The summed E-state index contributed by atoms with van der Waals surface area (Å²) in [5.74, 6) is 0.895. The van der Waals surface area contributed by atoms with Crippen molar-refractivity contribution in [1.29, 1.82) is 0 Å². The smallest absolute Gasteiger partial charge is 0.223 e. The number of aryl methyl sites for hydroxylation is 1. The summed E-state index contributed by atoms with van der Waals surface area (Å²) in [6.07, 6.45) is 6.37. The van der Waals surface area contributed by atoms with Crippen molar-refractivity contribution in [1.82, 2.24) is 9.88 Å². The molecular formula is C24H28N2O2. The van der Waals surface area contributed by atoms with Crippen LogP contribution in [0.15, 0.2) is 71.6 Å². The van der Waals surface area contributed by atoms with E-state index in [1.165, 1.54) is 11.1 Å². The van der Waals surface area contributed by atoms with Crippen molar-refractivity contribution < 1.29 is 9.21 Å². The third kappa shape index (κ3) is 5.56. The zero-order valence-corrected chi connectivity index (χ0v) is 16.9. The Bertz CT molecular complexity index is 863. The first-order valence-corrected chi connectivity index (χ1v) is 9.70. The molecule has 4 nitrogen and oxygen atoms in total. The molecule has 2 aromatic heterocycles. The maximum atomic E-state index is 12.9. The molecule has 0 unspecified atom stereocenters. The lowest BCUT2D eigenvalue weighted by Gasteiger charge is -2.22. The molecule has 0 spiro atoms. The fourth-order valence-electron chi connectivity index (χ4n) is 3.12. The molecule has 1 amide bonds. The molecule has 0 radical (unpaired) electrons. The van der Waals surface area contributed by atoms with Crippen LogP contribution in [0.3, 0.4) is 0 Å². The SMILES string of the molecule is CC(C)(C)c1ccc(CCC(=O)N(Cc2cccnc2)Cc2ccco2)cc1. The van der Waals surface area contributed by atoms with Crippen molar-refractivity contribution in [3.05, 3.63) is 89.6 Å². The maximum Gasteiger partial charge on any atom is 0.223 e. The normalized spacial score (nSPS) is 11.4. The molecule has 0 aliphatic rings. The van der Waals surface area contributed by atoms with Crippen molar-refractivity contribution in [3.63, 3.8) is 0 Å². The van der Waals surface area contributed by atoms with Gasteiger partial charge in [0, 0.05) is 25.4 Å². The Labute approximate surface area is 167 Å². The van der Waals surface area contributed by atoms with Gasteiger partial charge in [-0.15, -0.1) is 0 Å². The van der Waals surface area contributed by atoms with Crippen molar-refractivity contribution in [3.8, 4) is 0 Å². The Kier molecular flexibility index (Phi) is 6.30. The summed E-state index contributed by atoms with van der Waals surface area (Å²) >= 11 is 0. The number of aromatic nitrogens is 1. The van der Waals surface area contributed by atoms with Crippen LogP contribution in [-0.4, -0.2) is 15.8 Å². The first kappa shape index (κ1) is 19.9. The van der Waals surface area contributed by atoms with Crippen LogP contribution >= 0.6 is 0 Å². The predicted octanol–water partition coefficient (Wildman–Crippen LogP) is 5.13. The third-order valence-electron chi connectivity index (χ3n) is 4.82. The molecule has 3 rings (SSSR count). The highest BCUT2D eigenvalue weighted by Gasteiger charge is 2.17. The molecule has 1 aromatic carbocycles. The van der Waals surface area contributed by atoms with Crippen molar-refractivity contribution >= 4 is 5.91 Å². The van der Waals surface area contributed by atoms with Gasteiger partial charge in [0.2, 0.25) is 5.91 Å². The monoisotopic (exact) mass is 376 g/mol. The Morgan fingerprint density at radius 3 is 2.39 bits per heavy atom. The van der Waals surface area contributed by atoms with Gasteiger partial charge in [-0.2, -0.15) is 0 Å². The molecule has 0 N–H and O–H groups in total. The summed E-state index contributed by atoms with van der Waals surface area (Å²) in [6.45, 7) is 7.60. The van der Waals surface area contributed by atoms with Gasteiger partial charge in [-0.3, -0.25) is 9.78 Å². The summed E-state index contributed by atoms with van der Waals surface area (Å²) in [5, 5.41) is 0. The van der Waals surface area contributed by atoms with Gasteiger partial charge in [0.25, 0.3) is 0 Å². The summed E-state index contributed by atoms with van der Waals surface area (Å²) in [7, 11) is 0. The van der Waals surface area contributed by atoms with E-state index in [4.69, 9.17) is 4.42 Å². The average molecular weight is 377 g/mol. The first-order valence-electron chi connectivity index (χ1n) is 9.70. The Balaban J connectivity index is 1.65. The van der Waals surface area contributed by atoms with Crippen LogP contribution in [0.4, 0.5) is 0 Å². The highest BCUT2D eigenvalue weighted by molar-refractivity contribution is 5.76. The molecule has 0 saturated heterocycles. The van der Waals surface area contributed by atoms with E-state index in [-0.39, 0.29) is 11.3 Å². The van der Waals surface area contributed by atoms with E-state index in [1.807, 2.05) is 29.2 Å². The van der Waals surface area contributed by atoms with Crippen LogP contribution in [0.2, 0.25) is 0 Å². The Morgan fingerprint density at radius 2 is 1.79 bits per heavy atom. The number of amides is 1. The minimum absolute atomic E-state index is 0.111. The van der Waals surface area contributed by atoms with Crippen molar-refractivity contribution in [2.45, 2.75) is 52.1 Å². The lowest BCUT2D eigenvalue weighted by atomic mass is 9.86. The zero-order chi connectivity index (χ0) is 20.0. The van der Waals surface area contributed by atoms with Gasteiger partial charge in [0.1, 0.15) is 5.76 Å². The van der Waals surface area contributed by atoms with Gasteiger partial charge in [0.15, 0.2) is 0 Å². The molecule has 4 heteroatoms. The van der Waals surface area contributed by atoms with E-state index in [2.05, 4.69) is 50.0 Å². The van der Waals surface area contributed by atoms with Crippen LogP contribution in [-0.2, 0) is 29.7 Å². The zero-order valence-electron chi connectivity index (χ0n) is 16.9. The summed E-state index contributed by atoms with van der Waals surface area (Å²) in [6, 6.07) is 16.2. The molecule has 0 aliphatic carbocycles. The number of carbonyl (C=O) groups excluding carboxylic acids is 1. The molecule has 28 heavy (non-hydrogen) atoms. The molecule has 0 fully saturated rings. The summed E-state index contributed by atoms with van der Waals surface area (Å²) in [4.78, 5) is 18.9. The van der Waals surface area contributed by atoms with Crippen molar-refractivity contribution in [2.24, 2.45) is 0 Å². The van der Waals surface area contributed by atoms with Crippen LogP contribution in [0.1, 0.15) is 49.6 Å². The number of furan rings is 1. The second kappa shape index (κ2) is 8.87. The van der Waals surface area contributed by atoms with E-state index < -0.39 is 0 Å². The fraction of sp³-hybridized carbons (Fsp3) is 0.333. The molecule has 146 valence electrons. The van der Waals surface area contributed by atoms with E-state index in [9.17, 15) is 4.79 Å². The summed E-state index contributed by atoms with van der Waals surface area (Å²) < 4.78 is 5.45. The lowest BCUT2D eigenvalue weighted by Crippen LogP contribution is -2.30.